The number of nitrogens with zero attached hydrogens (tertiary/aromatic N) is 3. The van der Waals surface area contributed by atoms with E-state index in [0.717, 1.165) is 73.1 Å². The summed E-state index contributed by atoms with van der Waals surface area (Å²) in [7, 11) is 0. The van der Waals surface area contributed by atoms with Crippen LogP contribution in [0.15, 0.2) is 31.6 Å². The summed E-state index contributed by atoms with van der Waals surface area (Å²) in [5.41, 5.74) is 11.5. The van der Waals surface area contributed by atoms with Gasteiger partial charge in [-0.3, -0.25) is 4.79 Å². The largest absolute Gasteiger partial charge is 0.383 e. The third kappa shape index (κ3) is 3.03. The van der Waals surface area contributed by atoms with Crippen LogP contribution >= 0.6 is 0 Å². The molecular formula is C22H27N5O. The van der Waals surface area contributed by atoms with Gasteiger partial charge in [-0.05, 0) is 61.7 Å². The molecule has 1 spiro atoms. The summed E-state index contributed by atoms with van der Waals surface area (Å²) in [6.07, 6.45) is 10.5. The molecule has 6 heteroatoms. The maximum Gasteiger partial charge on any atom is 0.245 e. The zero-order chi connectivity index (χ0) is 19.9. The number of nitrogen functional groups attached to an aromatic ring is 1. The van der Waals surface area contributed by atoms with Gasteiger partial charge in [-0.2, -0.15) is 0 Å². The van der Waals surface area contributed by atoms with Gasteiger partial charge in [0.15, 0.2) is 0 Å². The summed E-state index contributed by atoms with van der Waals surface area (Å²) in [6, 6.07) is 0. The lowest BCUT2D eigenvalue weighted by Crippen LogP contribution is -2.43. The normalized spacial score (nSPS) is 18.9. The SMILES string of the molecule is C=CC(=O)N1CCC2(CC=C(c3[nH]c4ncnc(N)c4c3C(=C)C)CC2)CC1. The third-order valence-electron chi connectivity index (χ3n) is 6.38. The first kappa shape index (κ1) is 18.5. The molecule has 0 saturated carbocycles. The molecule has 28 heavy (non-hydrogen) atoms. The maximum atomic E-state index is 11.9. The second-order valence-corrected chi connectivity index (χ2v) is 8.10. The van der Waals surface area contributed by atoms with Crippen molar-refractivity contribution in [2.45, 2.75) is 39.0 Å². The number of carbonyl (C=O) groups is 1. The van der Waals surface area contributed by atoms with E-state index in [1.165, 1.54) is 18.0 Å². The lowest BCUT2D eigenvalue weighted by molar-refractivity contribution is -0.128. The fourth-order valence-electron chi connectivity index (χ4n) is 4.67. The number of fused-ring (bicyclic) bond motifs is 1. The molecule has 3 N–H and O–H groups in total. The fourth-order valence-corrected chi connectivity index (χ4v) is 4.67. The highest BCUT2D eigenvalue weighted by Crippen LogP contribution is 2.47. The molecule has 1 saturated heterocycles. The van der Waals surface area contributed by atoms with Crippen molar-refractivity contribution in [1.82, 2.24) is 19.9 Å². The van der Waals surface area contributed by atoms with Crippen molar-refractivity contribution in [3.8, 4) is 0 Å². The molecule has 0 unspecified atom stereocenters. The summed E-state index contributed by atoms with van der Waals surface area (Å²) >= 11 is 0. The van der Waals surface area contributed by atoms with Crippen molar-refractivity contribution >= 4 is 33.9 Å². The van der Waals surface area contributed by atoms with Gasteiger partial charge >= 0.3 is 0 Å². The van der Waals surface area contributed by atoms with Crippen LogP contribution in [0, 0.1) is 5.41 Å². The number of aromatic amines is 1. The number of hydrogen-bond acceptors (Lipinski definition) is 4. The number of nitrogens with one attached hydrogen (secondary N) is 1. The van der Waals surface area contributed by atoms with E-state index in [4.69, 9.17) is 5.73 Å². The Bertz CT molecular complexity index is 992. The quantitative estimate of drug-likeness (QED) is 0.793. The molecule has 1 aliphatic heterocycles. The van der Waals surface area contributed by atoms with Gasteiger partial charge in [0.2, 0.25) is 5.91 Å². The second kappa shape index (κ2) is 6.93. The van der Waals surface area contributed by atoms with Gasteiger partial charge in [0.05, 0.1) is 11.1 Å². The molecule has 1 fully saturated rings. The average Bonchev–Trinajstić information content (AvgIpc) is 3.10. The van der Waals surface area contributed by atoms with E-state index >= 15 is 0 Å². The van der Waals surface area contributed by atoms with Crippen LogP contribution < -0.4 is 5.73 Å². The Kier molecular flexibility index (Phi) is 4.57. The number of aromatic nitrogens is 3. The van der Waals surface area contributed by atoms with Crippen LogP contribution in [-0.2, 0) is 4.79 Å². The number of rotatable bonds is 3. The number of amides is 1. The first-order chi connectivity index (χ1) is 13.4. The smallest absolute Gasteiger partial charge is 0.245 e. The Morgan fingerprint density at radius 3 is 2.68 bits per heavy atom. The van der Waals surface area contributed by atoms with E-state index in [1.54, 1.807) is 0 Å². The summed E-state index contributed by atoms with van der Waals surface area (Å²) in [6.45, 7) is 11.4. The lowest BCUT2D eigenvalue weighted by atomic mass is 9.68. The molecule has 0 aromatic carbocycles. The zero-order valence-corrected chi connectivity index (χ0v) is 16.4. The van der Waals surface area contributed by atoms with Crippen LogP contribution in [0.4, 0.5) is 5.82 Å². The van der Waals surface area contributed by atoms with Crippen LogP contribution in [0.1, 0.15) is 50.3 Å². The average molecular weight is 377 g/mol. The van der Waals surface area contributed by atoms with Crippen LogP contribution in [0.2, 0.25) is 0 Å². The maximum absolute atomic E-state index is 11.9. The summed E-state index contributed by atoms with van der Waals surface area (Å²) < 4.78 is 0. The molecule has 6 nitrogen and oxygen atoms in total. The zero-order valence-electron chi connectivity index (χ0n) is 16.4. The Morgan fingerprint density at radius 2 is 2.07 bits per heavy atom. The van der Waals surface area contributed by atoms with Gasteiger partial charge in [-0.25, -0.2) is 9.97 Å². The van der Waals surface area contributed by atoms with Crippen molar-refractivity contribution in [1.29, 1.82) is 0 Å². The van der Waals surface area contributed by atoms with Gasteiger partial charge in [-0.1, -0.05) is 19.2 Å². The fraction of sp³-hybridized carbons (Fsp3) is 0.409. The monoisotopic (exact) mass is 377 g/mol. The number of H-pyrrole nitrogens is 1. The predicted octanol–water partition coefficient (Wildman–Crippen LogP) is 3.94. The molecule has 2 aliphatic rings. The van der Waals surface area contributed by atoms with Gasteiger partial charge < -0.3 is 15.6 Å². The summed E-state index contributed by atoms with van der Waals surface area (Å²) in [5.74, 6) is 0.530. The lowest BCUT2D eigenvalue weighted by Gasteiger charge is -2.43. The van der Waals surface area contributed by atoms with Gasteiger partial charge in [-0.15, -0.1) is 0 Å². The molecule has 2 aromatic rings. The van der Waals surface area contributed by atoms with Crippen LogP contribution in [-0.4, -0.2) is 38.8 Å². The first-order valence-electron chi connectivity index (χ1n) is 9.83. The van der Waals surface area contributed by atoms with E-state index in [2.05, 4.69) is 34.2 Å². The minimum Gasteiger partial charge on any atom is -0.383 e. The standard InChI is InChI=1S/C22H27N5O/c1-4-16(28)27-11-9-22(10-12-27)7-5-15(6-8-22)19-17(14(2)3)18-20(23)24-13-25-21(18)26-19/h4-5,13H,1-2,6-12H2,3H3,(H3,23,24,25,26). The molecule has 1 amide bonds. The summed E-state index contributed by atoms with van der Waals surface area (Å²) in [4.78, 5) is 25.7. The molecule has 0 radical (unpaired) electrons. The third-order valence-corrected chi connectivity index (χ3v) is 6.38. The predicted molar refractivity (Wildman–Crippen MR) is 113 cm³/mol. The molecule has 2 aromatic heterocycles. The van der Waals surface area contributed by atoms with E-state index < -0.39 is 0 Å². The molecule has 1 aliphatic carbocycles. The van der Waals surface area contributed by atoms with Gasteiger partial charge in [0.25, 0.3) is 0 Å². The Balaban J connectivity index is 1.61. The van der Waals surface area contributed by atoms with Crippen molar-refractivity contribution in [2.75, 3.05) is 18.8 Å². The number of piperidine rings is 1. The number of allylic oxidation sites excluding steroid dienone is 3. The molecule has 3 heterocycles. The van der Waals surface area contributed by atoms with Crippen LogP contribution in [0.3, 0.4) is 0 Å². The number of anilines is 1. The van der Waals surface area contributed by atoms with Crippen LogP contribution in [0.5, 0.6) is 0 Å². The van der Waals surface area contributed by atoms with Gasteiger partial charge in [0.1, 0.15) is 17.8 Å². The van der Waals surface area contributed by atoms with Gasteiger partial charge in [0, 0.05) is 18.7 Å². The molecule has 0 bridgehead atoms. The highest BCUT2D eigenvalue weighted by Gasteiger charge is 2.37. The number of hydrogen-bond donors (Lipinski definition) is 2. The molecular weight excluding hydrogens is 350 g/mol. The Hall–Kier alpha value is -2.89. The van der Waals surface area contributed by atoms with E-state index in [-0.39, 0.29) is 5.91 Å². The first-order valence-corrected chi connectivity index (χ1v) is 9.83. The van der Waals surface area contributed by atoms with Crippen molar-refractivity contribution < 1.29 is 4.79 Å². The minimum absolute atomic E-state index is 0.0461. The van der Waals surface area contributed by atoms with Crippen molar-refractivity contribution in [2.24, 2.45) is 5.41 Å². The number of carbonyl (C=O) groups excluding carboxylic acids is 1. The highest BCUT2D eigenvalue weighted by molar-refractivity contribution is 6.01. The Morgan fingerprint density at radius 1 is 1.32 bits per heavy atom. The summed E-state index contributed by atoms with van der Waals surface area (Å²) in [5, 5.41) is 0.863. The number of nitrogens with two attached hydrogens (primary N) is 1. The van der Waals surface area contributed by atoms with Crippen LogP contribution in [0.25, 0.3) is 22.2 Å². The van der Waals surface area contributed by atoms with E-state index in [9.17, 15) is 4.79 Å². The minimum atomic E-state index is 0.0461. The molecule has 146 valence electrons. The molecule has 4 rings (SSSR count). The highest BCUT2D eigenvalue weighted by atomic mass is 16.2. The van der Waals surface area contributed by atoms with E-state index in [1.807, 2.05) is 11.8 Å². The second-order valence-electron chi connectivity index (χ2n) is 8.10. The van der Waals surface area contributed by atoms with Crippen molar-refractivity contribution in [3.05, 3.63) is 42.9 Å². The number of likely N-dealkylation sites (tertiary alicyclic amines) is 1. The molecule has 0 atom stereocenters. The topological polar surface area (TPSA) is 87.9 Å². The van der Waals surface area contributed by atoms with E-state index in [0.29, 0.717) is 11.2 Å². The Labute approximate surface area is 165 Å². The van der Waals surface area contributed by atoms with Crippen molar-refractivity contribution in [3.63, 3.8) is 0 Å².